The number of imidazole rings is 1. The minimum atomic E-state index is -0.415. The van der Waals surface area contributed by atoms with Crippen molar-refractivity contribution >= 4 is 54.5 Å². The van der Waals surface area contributed by atoms with E-state index in [1.165, 1.54) is 0 Å². The molecule has 0 atom stereocenters. The number of benzene rings is 8. The number of para-hydroxylation sites is 4. The molecule has 0 fully saturated rings. The van der Waals surface area contributed by atoms with Crippen molar-refractivity contribution in [1.82, 2.24) is 9.55 Å². The SMILES string of the molecule is [2H]c1c([2H])c([2H])c(-c2ccc3c(-c4ccccc4-n4c(CC)nc5ccccc54)c4ccccc4c(-c4cccc5oc6ccccc6c45)c3c2)c([2H])c1[2H]. The van der Waals surface area contributed by atoms with Crippen molar-refractivity contribution in [3.8, 4) is 39.1 Å². The fourth-order valence-electron chi connectivity index (χ4n) is 7.75. The average Bonchev–Trinajstić information content (AvgIpc) is 3.80. The molecule has 10 rings (SSSR count). The van der Waals surface area contributed by atoms with E-state index in [9.17, 15) is 0 Å². The standard InChI is InChI=1S/C47H32N2O/c1-2-44-48-39-22-10-12-24-41(39)49(44)40-23-11-8-19-35(40)45-32-17-6-7-18-33(32)46(38-29-31(27-28-34(38)45)30-15-4-3-5-16-30)37-21-14-26-43-47(37)36-20-9-13-25-42(36)50-43/h3-29H,2H2,1H3/i3D,4D,5D,15D,16D. The maximum atomic E-state index is 8.90. The van der Waals surface area contributed by atoms with E-state index in [0.717, 1.165) is 94.7 Å². The molecule has 0 amide bonds. The third-order valence-corrected chi connectivity index (χ3v) is 9.85. The molecule has 0 aliphatic carbocycles. The largest absolute Gasteiger partial charge is 0.456 e. The summed E-state index contributed by atoms with van der Waals surface area (Å²) in [6.07, 6.45) is 0.744. The minimum absolute atomic E-state index is 0.165. The van der Waals surface area contributed by atoms with Crippen molar-refractivity contribution in [3.05, 3.63) is 169 Å². The van der Waals surface area contributed by atoms with Crippen molar-refractivity contribution in [2.75, 3.05) is 0 Å². The fourth-order valence-corrected chi connectivity index (χ4v) is 7.75. The highest BCUT2D eigenvalue weighted by molar-refractivity contribution is 6.26. The van der Waals surface area contributed by atoms with Crippen molar-refractivity contribution < 1.29 is 11.3 Å². The van der Waals surface area contributed by atoms with E-state index in [1.807, 2.05) is 66.7 Å². The summed E-state index contributed by atoms with van der Waals surface area (Å²) in [5.74, 6) is 0.959. The van der Waals surface area contributed by atoms with Gasteiger partial charge in [-0.2, -0.15) is 0 Å². The second-order valence-corrected chi connectivity index (χ2v) is 12.6. The second-order valence-electron chi connectivity index (χ2n) is 12.6. The van der Waals surface area contributed by atoms with E-state index in [4.69, 9.17) is 16.3 Å². The maximum Gasteiger partial charge on any atom is 0.136 e. The number of rotatable bonds is 5. The zero-order valence-corrected chi connectivity index (χ0v) is 27.2. The van der Waals surface area contributed by atoms with Gasteiger partial charge in [0.15, 0.2) is 0 Å². The van der Waals surface area contributed by atoms with Crippen LogP contribution in [0.1, 0.15) is 19.6 Å². The van der Waals surface area contributed by atoms with Crippen LogP contribution >= 0.6 is 0 Å². The molecule has 0 aliphatic heterocycles. The van der Waals surface area contributed by atoms with Crippen LogP contribution in [0.5, 0.6) is 0 Å². The normalized spacial score (nSPS) is 13.2. The first kappa shape index (κ1) is 23.8. The van der Waals surface area contributed by atoms with E-state index in [-0.39, 0.29) is 29.7 Å². The highest BCUT2D eigenvalue weighted by Gasteiger charge is 2.23. The lowest BCUT2D eigenvalue weighted by Crippen LogP contribution is -2.03. The first-order chi connectivity index (χ1) is 26.9. The van der Waals surface area contributed by atoms with Crippen LogP contribution in [0.3, 0.4) is 0 Å². The molecule has 2 heterocycles. The lowest BCUT2D eigenvalue weighted by Gasteiger charge is -2.21. The molecule has 0 N–H and O–H groups in total. The molecule has 3 heteroatoms. The lowest BCUT2D eigenvalue weighted by molar-refractivity contribution is 0.669. The van der Waals surface area contributed by atoms with Crippen LogP contribution in [0.15, 0.2) is 168 Å². The summed E-state index contributed by atoms with van der Waals surface area (Å²) >= 11 is 0. The van der Waals surface area contributed by atoms with Gasteiger partial charge in [-0.25, -0.2) is 4.98 Å². The Kier molecular flexibility index (Phi) is 5.39. The lowest BCUT2D eigenvalue weighted by atomic mass is 9.83. The van der Waals surface area contributed by atoms with Gasteiger partial charge >= 0.3 is 0 Å². The van der Waals surface area contributed by atoms with Crippen LogP contribution in [0.25, 0.3) is 93.6 Å². The quantitative estimate of drug-likeness (QED) is 0.174. The Bertz CT molecular complexity index is 3190. The van der Waals surface area contributed by atoms with Gasteiger partial charge in [0.05, 0.1) is 23.6 Å². The van der Waals surface area contributed by atoms with Gasteiger partial charge in [0.2, 0.25) is 0 Å². The highest BCUT2D eigenvalue weighted by Crippen LogP contribution is 2.48. The zero-order chi connectivity index (χ0) is 37.5. The maximum absolute atomic E-state index is 8.90. The van der Waals surface area contributed by atoms with Gasteiger partial charge in [-0.15, -0.1) is 0 Å². The molecule has 10 aromatic rings. The Hall–Kier alpha value is -6.45. The highest BCUT2D eigenvalue weighted by atomic mass is 16.3. The predicted molar refractivity (Wildman–Crippen MR) is 209 cm³/mol. The molecule has 236 valence electrons. The summed E-state index contributed by atoms with van der Waals surface area (Å²) in [6, 6.07) is 43.6. The summed E-state index contributed by atoms with van der Waals surface area (Å²) in [7, 11) is 0. The summed E-state index contributed by atoms with van der Waals surface area (Å²) in [4.78, 5) is 5.03. The van der Waals surface area contributed by atoms with E-state index in [2.05, 4.69) is 78.2 Å². The molecule has 0 saturated carbocycles. The smallest absolute Gasteiger partial charge is 0.136 e. The molecule has 8 aromatic carbocycles. The molecular formula is C47H32N2O. The van der Waals surface area contributed by atoms with Gasteiger partial charge in [0.1, 0.15) is 17.0 Å². The van der Waals surface area contributed by atoms with Crippen molar-refractivity contribution in [2.45, 2.75) is 13.3 Å². The summed E-state index contributed by atoms with van der Waals surface area (Å²) in [6.45, 7) is 2.13. The summed E-state index contributed by atoms with van der Waals surface area (Å²) in [5, 5.41) is 5.91. The third kappa shape index (κ3) is 4.27. The molecule has 0 aliphatic rings. The number of aromatic nitrogens is 2. The molecule has 3 nitrogen and oxygen atoms in total. The molecule has 50 heavy (non-hydrogen) atoms. The van der Waals surface area contributed by atoms with Crippen LogP contribution in [0, 0.1) is 0 Å². The van der Waals surface area contributed by atoms with E-state index in [1.54, 1.807) is 0 Å². The minimum Gasteiger partial charge on any atom is -0.456 e. The Morgan fingerprint density at radius 1 is 0.580 bits per heavy atom. The van der Waals surface area contributed by atoms with Crippen molar-refractivity contribution in [2.24, 2.45) is 0 Å². The Labute approximate surface area is 296 Å². The summed E-state index contributed by atoms with van der Waals surface area (Å²) in [5.41, 5.74) is 9.24. The van der Waals surface area contributed by atoms with Crippen molar-refractivity contribution in [3.63, 3.8) is 0 Å². The molecule has 0 unspecified atom stereocenters. The number of nitrogens with zero attached hydrogens (tertiary/aromatic N) is 2. The van der Waals surface area contributed by atoms with Gasteiger partial charge in [0.25, 0.3) is 0 Å². The molecule has 0 spiro atoms. The number of hydrogen-bond acceptors (Lipinski definition) is 2. The number of hydrogen-bond donors (Lipinski definition) is 0. The van der Waals surface area contributed by atoms with Crippen LogP contribution in [-0.4, -0.2) is 9.55 Å². The van der Waals surface area contributed by atoms with Crippen LogP contribution in [0.4, 0.5) is 0 Å². The second kappa shape index (κ2) is 11.3. The van der Waals surface area contributed by atoms with Crippen LogP contribution in [-0.2, 0) is 6.42 Å². The van der Waals surface area contributed by atoms with Gasteiger partial charge in [-0.05, 0) is 85.8 Å². The first-order valence-corrected chi connectivity index (χ1v) is 16.9. The third-order valence-electron chi connectivity index (χ3n) is 9.85. The molecular weight excluding hydrogens is 609 g/mol. The van der Waals surface area contributed by atoms with Gasteiger partial charge in [-0.3, -0.25) is 4.57 Å². The zero-order valence-electron chi connectivity index (χ0n) is 32.2. The monoisotopic (exact) mass is 645 g/mol. The fraction of sp³-hybridized carbons (Fsp3) is 0.0426. The van der Waals surface area contributed by atoms with Crippen molar-refractivity contribution in [1.29, 1.82) is 0 Å². The van der Waals surface area contributed by atoms with Gasteiger partial charge in [0, 0.05) is 22.8 Å². The predicted octanol–water partition coefficient (Wildman–Crippen LogP) is 12.8. The molecule has 0 radical (unpaired) electrons. The summed E-state index contributed by atoms with van der Waals surface area (Å²) < 4.78 is 51.7. The van der Waals surface area contributed by atoms with Gasteiger partial charge in [-0.1, -0.05) is 134 Å². The molecule has 2 aromatic heterocycles. The van der Waals surface area contributed by atoms with E-state index >= 15 is 0 Å². The van der Waals surface area contributed by atoms with Crippen LogP contribution in [0.2, 0.25) is 0 Å². The molecule has 0 saturated heterocycles. The Morgan fingerprint density at radius 2 is 1.24 bits per heavy atom. The Morgan fingerprint density at radius 3 is 2.08 bits per heavy atom. The average molecular weight is 646 g/mol. The van der Waals surface area contributed by atoms with Crippen LogP contribution < -0.4 is 0 Å². The number of aryl methyl sites for hydroxylation is 1. The number of fused-ring (bicyclic) bond motifs is 6. The van der Waals surface area contributed by atoms with Gasteiger partial charge < -0.3 is 4.42 Å². The Balaban J connectivity index is 1.39. The first-order valence-electron chi connectivity index (χ1n) is 19.4. The number of furan rings is 1. The van der Waals surface area contributed by atoms with E-state index in [0.29, 0.717) is 5.56 Å². The molecule has 0 bridgehead atoms. The topological polar surface area (TPSA) is 31.0 Å². The van der Waals surface area contributed by atoms with E-state index < -0.39 is 6.04 Å².